The molecule has 11 nitrogen and oxygen atoms in total. The second-order valence-corrected chi connectivity index (χ2v) is 21.8. The molecule has 0 aromatic rings. The Morgan fingerprint density at radius 1 is 0.526 bits per heavy atom. The largest absolute Gasteiger partial charge is 0.454 e. The monoisotopic (exact) mass is 1070 g/mol. The summed E-state index contributed by atoms with van der Waals surface area (Å²) in [7, 11) is 0. The summed E-state index contributed by atoms with van der Waals surface area (Å²) in [4.78, 5) is 26.5. The molecule has 8 unspecified atom stereocenters. The Bertz CT molecular complexity index is 1460. The molecule has 1 heterocycles. The van der Waals surface area contributed by atoms with Gasteiger partial charge in [-0.05, 0) is 70.6 Å². The molecule has 0 aromatic heterocycles. The number of aliphatic hydroxyl groups is 5. The fourth-order valence-corrected chi connectivity index (χ4v) is 9.71. The van der Waals surface area contributed by atoms with Gasteiger partial charge in [-0.3, -0.25) is 9.59 Å². The first-order chi connectivity index (χ1) is 37.2. The molecule has 1 fully saturated rings. The maximum atomic E-state index is 13.4. The van der Waals surface area contributed by atoms with Gasteiger partial charge in [0.1, 0.15) is 24.4 Å². The Morgan fingerprint density at radius 2 is 0.961 bits per heavy atom. The van der Waals surface area contributed by atoms with Crippen molar-refractivity contribution >= 4 is 11.9 Å². The molecule has 1 aliphatic rings. The van der Waals surface area contributed by atoms with Crippen molar-refractivity contribution in [3.05, 3.63) is 60.8 Å². The molecule has 442 valence electrons. The van der Waals surface area contributed by atoms with Gasteiger partial charge in [0.05, 0.1) is 25.4 Å². The highest BCUT2D eigenvalue weighted by Gasteiger charge is 2.47. The summed E-state index contributed by atoms with van der Waals surface area (Å²) in [5.41, 5.74) is 0. The Labute approximate surface area is 465 Å². The number of nitrogens with one attached hydrogen (secondary N) is 1. The van der Waals surface area contributed by atoms with E-state index in [1.165, 1.54) is 154 Å². The third-order valence-electron chi connectivity index (χ3n) is 14.7. The molecular weight excluding hydrogens is 955 g/mol. The maximum Gasteiger partial charge on any atom is 0.306 e. The zero-order valence-electron chi connectivity index (χ0n) is 48.9. The molecule has 0 saturated carbocycles. The van der Waals surface area contributed by atoms with Crippen molar-refractivity contribution in [3.8, 4) is 0 Å². The predicted molar refractivity (Wildman–Crippen MR) is 315 cm³/mol. The van der Waals surface area contributed by atoms with Gasteiger partial charge < -0.3 is 45.1 Å². The van der Waals surface area contributed by atoms with E-state index in [4.69, 9.17) is 14.2 Å². The van der Waals surface area contributed by atoms with Gasteiger partial charge in [-0.1, -0.05) is 261 Å². The van der Waals surface area contributed by atoms with Gasteiger partial charge in [0, 0.05) is 6.42 Å². The summed E-state index contributed by atoms with van der Waals surface area (Å²) >= 11 is 0. The molecule has 0 bridgehead atoms. The van der Waals surface area contributed by atoms with Crippen molar-refractivity contribution in [1.29, 1.82) is 0 Å². The third kappa shape index (κ3) is 40.5. The second-order valence-electron chi connectivity index (χ2n) is 21.8. The molecule has 0 spiro atoms. The number of esters is 1. The van der Waals surface area contributed by atoms with Gasteiger partial charge in [0.15, 0.2) is 12.4 Å². The molecule has 76 heavy (non-hydrogen) atoms. The van der Waals surface area contributed by atoms with Crippen molar-refractivity contribution in [1.82, 2.24) is 5.32 Å². The van der Waals surface area contributed by atoms with Crippen LogP contribution in [0.5, 0.6) is 0 Å². The Kier molecular flexibility index (Phi) is 49.8. The molecule has 11 heteroatoms. The van der Waals surface area contributed by atoms with E-state index in [0.717, 1.165) is 77.0 Å². The highest BCUT2D eigenvalue weighted by Crippen LogP contribution is 2.26. The number of carbonyl (C=O) groups is 2. The van der Waals surface area contributed by atoms with Crippen molar-refractivity contribution < 1.29 is 49.3 Å². The molecule has 0 aromatic carbocycles. The zero-order valence-corrected chi connectivity index (χ0v) is 48.9. The number of allylic oxidation sites excluding steroid dienone is 9. The number of rotatable bonds is 53. The Balaban J connectivity index is 2.64. The number of carbonyl (C=O) groups excluding carboxylic acids is 2. The predicted octanol–water partition coefficient (Wildman–Crippen LogP) is 15.0. The minimum atomic E-state index is -1.62. The average molecular weight is 1070 g/mol. The highest BCUT2D eigenvalue weighted by molar-refractivity contribution is 5.80. The van der Waals surface area contributed by atoms with Crippen molar-refractivity contribution in [2.24, 2.45) is 0 Å². The van der Waals surface area contributed by atoms with Gasteiger partial charge in [-0.25, -0.2) is 0 Å². The topological polar surface area (TPSA) is 175 Å². The molecule has 6 N–H and O–H groups in total. The van der Waals surface area contributed by atoms with Crippen LogP contribution in [0.3, 0.4) is 0 Å². The van der Waals surface area contributed by atoms with Crippen LogP contribution in [0.2, 0.25) is 0 Å². The molecule has 1 rings (SSSR count). The fourth-order valence-electron chi connectivity index (χ4n) is 9.71. The van der Waals surface area contributed by atoms with E-state index >= 15 is 0 Å². The number of amides is 1. The van der Waals surface area contributed by atoms with Crippen LogP contribution in [0.4, 0.5) is 0 Å². The first kappa shape index (κ1) is 71.4. The molecular formula is C65H117NO10. The van der Waals surface area contributed by atoms with Gasteiger partial charge in [-0.15, -0.1) is 0 Å². The maximum absolute atomic E-state index is 13.4. The summed E-state index contributed by atoms with van der Waals surface area (Å²) in [5, 5.41) is 57.0. The molecule has 8 atom stereocenters. The fraction of sp³-hybridized carbons (Fsp3) is 0.815. The van der Waals surface area contributed by atoms with Crippen LogP contribution in [0.25, 0.3) is 0 Å². The van der Waals surface area contributed by atoms with Crippen LogP contribution in [-0.4, -0.2) is 99.6 Å². The van der Waals surface area contributed by atoms with E-state index in [9.17, 15) is 35.1 Å². The quantitative estimate of drug-likeness (QED) is 0.0149. The van der Waals surface area contributed by atoms with Gasteiger partial charge in [-0.2, -0.15) is 0 Å². The van der Waals surface area contributed by atoms with Crippen LogP contribution in [0.1, 0.15) is 278 Å². The Hall–Kier alpha value is -2.64. The summed E-state index contributed by atoms with van der Waals surface area (Å²) in [5.74, 6) is -1.21. The first-order valence-corrected chi connectivity index (χ1v) is 31.6. The Morgan fingerprint density at radius 3 is 1.45 bits per heavy atom. The van der Waals surface area contributed by atoms with E-state index in [1.54, 1.807) is 6.08 Å². The van der Waals surface area contributed by atoms with Crippen LogP contribution in [0, 0.1) is 0 Å². The lowest BCUT2D eigenvalue weighted by molar-refractivity contribution is -0.305. The van der Waals surface area contributed by atoms with Crippen molar-refractivity contribution in [2.75, 3.05) is 13.2 Å². The SMILES string of the molecule is CC/C=C/C=C/C=C\CCCCCCCC(=O)OC1C(OCC(NC(=O)C(O)CCCCCCCCCCCCCC/C=C/CCCCCCCC)C(O)/C=C/CCCCCCCCCCCC)OC(CO)C(O)C1O. The molecule has 1 aliphatic heterocycles. The lowest BCUT2D eigenvalue weighted by atomic mass is 9.99. The van der Waals surface area contributed by atoms with E-state index in [0.29, 0.717) is 12.8 Å². The zero-order chi connectivity index (χ0) is 55.4. The van der Waals surface area contributed by atoms with Gasteiger partial charge in [0.25, 0.3) is 0 Å². The van der Waals surface area contributed by atoms with E-state index in [1.807, 2.05) is 24.3 Å². The van der Waals surface area contributed by atoms with Crippen molar-refractivity contribution in [2.45, 2.75) is 327 Å². The van der Waals surface area contributed by atoms with Crippen LogP contribution in [-0.2, 0) is 23.8 Å². The highest BCUT2D eigenvalue weighted by atomic mass is 16.7. The molecule has 0 aliphatic carbocycles. The minimum Gasteiger partial charge on any atom is -0.454 e. The van der Waals surface area contributed by atoms with Gasteiger partial charge in [0.2, 0.25) is 5.91 Å². The number of hydrogen-bond acceptors (Lipinski definition) is 10. The van der Waals surface area contributed by atoms with Crippen LogP contribution < -0.4 is 5.32 Å². The van der Waals surface area contributed by atoms with Crippen LogP contribution in [0.15, 0.2) is 60.8 Å². The standard InChI is InChI=1S/C65H117NO10/c1-4-7-10-13-16-19-22-25-26-27-28-29-30-31-32-33-35-37-40-43-46-49-52-58(69)64(73)66-56(57(68)51-48-45-42-39-36-24-21-18-15-12-9-6-3)55-74-65-63(62(72)61(71)59(54-67)75-65)76-60(70)53-50-47-44-41-38-34-23-20-17-14-11-8-5-2/h8,11,14,17,20,23,25-26,48,51,56-59,61-63,65,67-69,71-72H,4-7,9-10,12-13,15-16,18-19,21-22,24,27-47,49-50,52-55H2,1-3H3,(H,66,73)/b11-8+,17-14+,23-20-,26-25+,51-48+. The number of ether oxygens (including phenoxy) is 3. The molecule has 1 amide bonds. The van der Waals surface area contributed by atoms with E-state index < -0.39 is 67.4 Å². The van der Waals surface area contributed by atoms with Crippen molar-refractivity contribution in [3.63, 3.8) is 0 Å². The minimum absolute atomic E-state index is 0.0999. The van der Waals surface area contributed by atoms with Gasteiger partial charge >= 0.3 is 5.97 Å². The first-order valence-electron chi connectivity index (χ1n) is 31.6. The summed E-state index contributed by atoms with van der Waals surface area (Å²) < 4.78 is 17.6. The third-order valence-corrected chi connectivity index (χ3v) is 14.7. The number of hydrogen-bond donors (Lipinski definition) is 6. The number of aliphatic hydroxyl groups excluding tert-OH is 5. The molecule has 1 saturated heterocycles. The van der Waals surface area contributed by atoms with E-state index in [-0.39, 0.29) is 19.4 Å². The summed E-state index contributed by atoms with van der Waals surface area (Å²) in [6, 6.07) is -1.03. The average Bonchev–Trinajstić information content (AvgIpc) is 3.42. The van der Waals surface area contributed by atoms with E-state index in [2.05, 4.69) is 56.5 Å². The van der Waals surface area contributed by atoms with Crippen LogP contribution >= 0.6 is 0 Å². The lowest BCUT2D eigenvalue weighted by Gasteiger charge is -2.41. The summed E-state index contributed by atoms with van der Waals surface area (Å²) in [6.45, 7) is 5.65. The lowest BCUT2D eigenvalue weighted by Crippen LogP contribution is -2.61. The second kappa shape index (κ2) is 53.0. The smallest absolute Gasteiger partial charge is 0.306 e. The normalized spacial score (nSPS) is 19.5. The number of unbranched alkanes of at least 4 members (excludes halogenated alkanes) is 33. The molecule has 0 radical (unpaired) electrons. The summed E-state index contributed by atoms with van der Waals surface area (Å²) in [6.07, 6.45) is 55.6.